The number of primary amides is 1. The molecule has 0 saturated carbocycles. The number of benzene rings is 1. The summed E-state index contributed by atoms with van der Waals surface area (Å²) in [5, 5.41) is 0. The van der Waals surface area contributed by atoms with Gasteiger partial charge in [-0.15, -0.1) is 0 Å². The number of nitrogens with zero attached hydrogens (tertiary/aromatic N) is 1. The third-order valence-electron chi connectivity index (χ3n) is 3.53. The maximum Gasteiger partial charge on any atom is 0.219 e. The van der Waals surface area contributed by atoms with E-state index in [4.69, 9.17) is 11.5 Å². The van der Waals surface area contributed by atoms with Gasteiger partial charge >= 0.3 is 0 Å². The van der Waals surface area contributed by atoms with E-state index < -0.39 is 0 Å². The van der Waals surface area contributed by atoms with Crippen LogP contribution in [-0.4, -0.2) is 25.0 Å². The highest BCUT2D eigenvalue weighted by molar-refractivity contribution is 5.75. The van der Waals surface area contributed by atoms with Crippen molar-refractivity contribution < 1.29 is 4.79 Å². The number of carbonyl (C=O) groups excluding carboxylic acids is 1. The van der Waals surface area contributed by atoms with Gasteiger partial charge in [-0.3, -0.25) is 4.79 Å². The second-order valence-electron chi connectivity index (χ2n) is 5.15. The van der Waals surface area contributed by atoms with Crippen LogP contribution in [-0.2, 0) is 11.2 Å². The van der Waals surface area contributed by atoms with Gasteiger partial charge in [-0.05, 0) is 24.0 Å². The molecule has 0 spiro atoms. The SMILES string of the molecule is CC1Cc2ccccc2N(C(CN)CC(N)=O)C1. The van der Waals surface area contributed by atoms with Crippen molar-refractivity contribution in [3.05, 3.63) is 29.8 Å². The molecule has 2 unspecified atom stereocenters. The highest BCUT2D eigenvalue weighted by Gasteiger charge is 2.27. The third kappa shape index (κ3) is 2.64. The summed E-state index contributed by atoms with van der Waals surface area (Å²) in [6.45, 7) is 3.61. The van der Waals surface area contributed by atoms with Crippen molar-refractivity contribution in [3.63, 3.8) is 0 Å². The van der Waals surface area contributed by atoms with E-state index in [0.717, 1.165) is 13.0 Å². The average molecular weight is 247 g/mol. The van der Waals surface area contributed by atoms with Crippen LogP contribution in [0.5, 0.6) is 0 Å². The predicted molar refractivity (Wildman–Crippen MR) is 73.3 cm³/mol. The molecule has 0 fully saturated rings. The lowest BCUT2D eigenvalue weighted by molar-refractivity contribution is -0.118. The standard InChI is InChI=1S/C14H21N3O/c1-10-6-11-4-2-3-5-13(11)17(9-10)12(8-15)7-14(16)18/h2-5,10,12H,6-9,15H2,1H3,(H2,16,18). The molecule has 4 N–H and O–H groups in total. The molecule has 1 aromatic carbocycles. The summed E-state index contributed by atoms with van der Waals surface area (Å²) >= 11 is 0. The molecule has 0 saturated heterocycles. The number of hydrogen-bond donors (Lipinski definition) is 2. The maximum atomic E-state index is 11.1. The van der Waals surface area contributed by atoms with Gasteiger partial charge in [0.1, 0.15) is 0 Å². The number of para-hydroxylation sites is 1. The first kappa shape index (κ1) is 12.9. The Morgan fingerprint density at radius 1 is 1.50 bits per heavy atom. The summed E-state index contributed by atoms with van der Waals surface area (Å²) in [7, 11) is 0. The van der Waals surface area contributed by atoms with Gasteiger partial charge in [0.05, 0.1) is 0 Å². The molecule has 0 radical (unpaired) electrons. The molecule has 0 bridgehead atoms. The molecule has 18 heavy (non-hydrogen) atoms. The molecule has 2 atom stereocenters. The Morgan fingerprint density at radius 3 is 2.89 bits per heavy atom. The van der Waals surface area contributed by atoms with Crippen LogP contribution in [0.25, 0.3) is 0 Å². The zero-order chi connectivity index (χ0) is 13.1. The first-order valence-electron chi connectivity index (χ1n) is 6.44. The van der Waals surface area contributed by atoms with Gasteiger partial charge in [-0.1, -0.05) is 25.1 Å². The summed E-state index contributed by atoms with van der Waals surface area (Å²) in [6, 6.07) is 8.34. The largest absolute Gasteiger partial charge is 0.370 e. The highest BCUT2D eigenvalue weighted by Crippen LogP contribution is 2.31. The van der Waals surface area contributed by atoms with E-state index in [2.05, 4.69) is 30.0 Å². The Morgan fingerprint density at radius 2 is 2.22 bits per heavy atom. The molecule has 1 aliphatic heterocycles. The molecule has 1 aliphatic rings. The Balaban J connectivity index is 2.29. The first-order valence-corrected chi connectivity index (χ1v) is 6.44. The molecular formula is C14H21N3O. The van der Waals surface area contributed by atoms with Crippen LogP contribution in [0, 0.1) is 5.92 Å². The van der Waals surface area contributed by atoms with E-state index in [1.165, 1.54) is 11.3 Å². The quantitative estimate of drug-likeness (QED) is 0.830. The number of anilines is 1. The minimum absolute atomic E-state index is 0.00593. The number of nitrogens with two attached hydrogens (primary N) is 2. The smallest absolute Gasteiger partial charge is 0.219 e. The Kier molecular flexibility index (Phi) is 3.87. The Bertz CT molecular complexity index is 433. The van der Waals surface area contributed by atoms with Crippen molar-refractivity contribution in [1.82, 2.24) is 0 Å². The molecule has 1 amide bonds. The van der Waals surface area contributed by atoms with Gasteiger partial charge in [0.25, 0.3) is 0 Å². The molecule has 4 nitrogen and oxygen atoms in total. The van der Waals surface area contributed by atoms with Gasteiger partial charge in [0, 0.05) is 31.2 Å². The fraction of sp³-hybridized carbons (Fsp3) is 0.500. The van der Waals surface area contributed by atoms with Crippen molar-refractivity contribution in [1.29, 1.82) is 0 Å². The summed E-state index contributed by atoms with van der Waals surface area (Å²) in [4.78, 5) is 13.4. The predicted octanol–water partition coefficient (Wildman–Crippen LogP) is 0.888. The van der Waals surface area contributed by atoms with Crippen molar-refractivity contribution in [2.24, 2.45) is 17.4 Å². The molecule has 98 valence electrons. The lowest BCUT2D eigenvalue weighted by Crippen LogP contribution is -2.47. The van der Waals surface area contributed by atoms with Crippen LogP contribution >= 0.6 is 0 Å². The molecule has 4 heteroatoms. The highest BCUT2D eigenvalue weighted by atomic mass is 16.1. The molecule has 1 aromatic rings. The minimum Gasteiger partial charge on any atom is -0.370 e. The topological polar surface area (TPSA) is 72.3 Å². The van der Waals surface area contributed by atoms with E-state index in [1.807, 2.05) is 6.07 Å². The van der Waals surface area contributed by atoms with Gasteiger partial charge in [-0.2, -0.15) is 0 Å². The summed E-state index contributed by atoms with van der Waals surface area (Å²) in [6.07, 6.45) is 1.40. The van der Waals surface area contributed by atoms with Crippen molar-refractivity contribution in [2.75, 3.05) is 18.0 Å². The van der Waals surface area contributed by atoms with Crippen LogP contribution in [0.1, 0.15) is 18.9 Å². The Labute approximate surface area is 108 Å². The lowest BCUT2D eigenvalue weighted by Gasteiger charge is -2.39. The zero-order valence-electron chi connectivity index (χ0n) is 10.8. The van der Waals surface area contributed by atoms with Gasteiger partial charge in [0.2, 0.25) is 5.91 Å². The number of carbonyl (C=O) groups is 1. The minimum atomic E-state index is -0.291. The van der Waals surface area contributed by atoms with E-state index >= 15 is 0 Å². The molecule has 0 aliphatic carbocycles. The van der Waals surface area contributed by atoms with E-state index in [-0.39, 0.29) is 11.9 Å². The van der Waals surface area contributed by atoms with Crippen LogP contribution in [0.4, 0.5) is 5.69 Å². The summed E-state index contributed by atoms with van der Waals surface area (Å²) in [5.74, 6) is 0.281. The molecule has 0 aromatic heterocycles. The van der Waals surface area contributed by atoms with E-state index in [0.29, 0.717) is 18.9 Å². The van der Waals surface area contributed by atoms with Crippen molar-refractivity contribution in [3.8, 4) is 0 Å². The third-order valence-corrected chi connectivity index (χ3v) is 3.53. The second-order valence-corrected chi connectivity index (χ2v) is 5.15. The van der Waals surface area contributed by atoms with Crippen LogP contribution < -0.4 is 16.4 Å². The van der Waals surface area contributed by atoms with Crippen LogP contribution in [0.2, 0.25) is 0 Å². The summed E-state index contributed by atoms with van der Waals surface area (Å²) < 4.78 is 0. The first-order chi connectivity index (χ1) is 8.61. The van der Waals surface area contributed by atoms with Gasteiger partial charge in [0.15, 0.2) is 0 Å². The van der Waals surface area contributed by atoms with E-state index in [1.54, 1.807) is 0 Å². The monoisotopic (exact) mass is 247 g/mol. The molecular weight excluding hydrogens is 226 g/mol. The number of fused-ring (bicyclic) bond motifs is 1. The van der Waals surface area contributed by atoms with Gasteiger partial charge in [-0.25, -0.2) is 0 Å². The lowest BCUT2D eigenvalue weighted by atomic mass is 9.92. The normalized spacial score (nSPS) is 20.3. The van der Waals surface area contributed by atoms with Crippen LogP contribution in [0.3, 0.4) is 0 Å². The fourth-order valence-electron chi connectivity index (χ4n) is 2.74. The number of amides is 1. The Hall–Kier alpha value is -1.55. The number of hydrogen-bond acceptors (Lipinski definition) is 3. The fourth-order valence-corrected chi connectivity index (χ4v) is 2.74. The van der Waals surface area contributed by atoms with Crippen molar-refractivity contribution >= 4 is 11.6 Å². The number of rotatable bonds is 4. The van der Waals surface area contributed by atoms with E-state index in [9.17, 15) is 4.79 Å². The zero-order valence-corrected chi connectivity index (χ0v) is 10.8. The van der Waals surface area contributed by atoms with Gasteiger partial charge < -0.3 is 16.4 Å². The van der Waals surface area contributed by atoms with Crippen molar-refractivity contribution in [2.45, 2.75) is 25.8 Å². The summed E-state index contributed by atoms with van der Waals surface area (Å²) in [5.41, 5.74) is 13.6. The second kappa shape index (κ2) is 5.40. The molecule has 2 rings (SSSR count). The molecule has 1 heterocycles. The van der Waals surface area contributed by atoms with Crippen LogP contribution in [0.15, 0.2) is 24.3 Å². The maximum absolute atomic E-state index is 11.1. The average Bonchev–Trinajstić information content (AvgIpc) is 2.34.